The molecule has 0 unspecified atom stereocenters. The van der Waals surface area contributed by atoms with Gasteiger partial charge in [0.05, 0.1) is 17.6 Å². The lowest BCUT2D eigenvalue weighted by atomic mass is 10.1. The molecule has 0 saturated heterocycles. The van der Waals surface area contributed by atoms with E-state index in [9.17, 15) is 14.9 Å². The number of nitro groups is 1. The van der Waals surface area contributed by atoms with Crippen molar-refractivity contribution < 1.29 is 9.72 Å². The van der Waals surface area contributed by atoms with Gasteiger partial charge in [-0.25, -0.2) is 5.43 Å². The highest BCUT2D eigenvalue weighted by Crippen LogP contribution is 2.24. The molecule has 3 rings (SSSR count). The van der Waals surface area contributed by atoms with Gasteiger partial charge in [0, 0.05) is 38.7 Å². The molecule has 0 radical (unpaired) electrons. The lowest BCUT2D eigenvalue weighted by molar-refractivity contribution is -0.385. The second kappa shape index (κ2) is 9.04. The molecule has 1 amide bonds. The molecule has 0 aliphatic heterocycles. The highest BCUT2D eigenvalue weighted by Gasteiger charge is 2.15. The predicted octanol–water partition coefficient (Wildman–Crippen LogP) is 4.77. The van der Waals surface area contributed by atoms with E-state index in [1.807, 2.05) is 39.0 Å². The lowest BCUT2D eigenvalue weighted by Gasteiger charge is -2.11. The molecule has 0 spiro atoms. The van der Waals surface area contributed by atoms with Crippen molar-refractivity contribution in [2.45, 2.75) is 27.2 Å². The van der Waals surface area contributed by atoms with Crippen LogP contribution in [-0.2, 0) is 11.2 Å². The SMILES string of the molecule is Cc1cc(-n2c(C)cc(C=NNC(=O)Cc3ccccc3[N+](=O)[O-])c2C)ccc1Br. The molecule has 1 aromatic heterocycles. The van der Waals surface area contributed by atoms with Crippen LogP contribution in [-0.4, -0.2) is 21.6 Å². The van der Waals surface area contributed by atoms with Crippen molar-refractivity contribution >= 4 is 33.7 Å². The number of carbonyl (C=O) groups is 1. The summed E-state index contributed by atoms with van der Waals surface area (Å²) in [7, 11) is 0. The predicted molar refractivity (Wildman–Crippen MR) is 120 cm³/mol. The summed E-state index contributed by atoms with van der Waals surface area (Å²) in [5.74, 6) is -0.419. The zero-order valence-corrected chi connectivity index (χ0v) is 18.4. The fourth-order valence-electron chi connectivity index (χ4n) is 3.31. The Balaban J connectivity index is 1.74. The third kappa shape index (κ3) is 4.65. The minimum absolute atomic E-state index is 0.0787. The Morgan fingerprint density at radius 3 is 2.63 bits per heavy atom. The van der Waals surface area contributed by atoms with Crippen LogP contribution < -0.4 is 5.43 Å². The van der Waals surface area contributed by atoms with Gasteiger partial charge in [-0.15, -0.1) is 0 Å². The van der Waals surface area contributed by atoms with Gasteiger partial charge in [0.25, 0.3) is 5.69 Å². The number of para-hydroxylation sites is 1. The van der Waals surface area contributed by atoms with Gasteiger partial charge in [0.15, 0.2) is 0 Å². The largest absolute Gasteiger partial charge is 0.318 e. The molecular weight excluding hydrogens is 448 g/mol. The van der Waals surface area contributed by atoms with Gasteiger partial charge in [0.2, 0.25) is 5.91 Å². The third-order valence-electron chi connectivity index (χ3n) is 4.80. The minimum Gasteiger partial charge on any atom is -0.318 e. The van der Waals surface area contributed by atoms with E-state index in [0.29, 0.717) is 5.56 Å². The number of amides is 1. The standard InChI is InChI=1S/C22H21BrN4O3/c1-14-10-19(8-9-20(14)23)26-15(2)11-18(16(26)3)13-24-25-22(28)12-17-6-4-5-7-21(17)27(29)30/h4-11,13H,12H2,1-3H3,(H,25,28). The summed E-state index contributed by atoms with van der Waals surface area (Å²) in [6.07, 6.45) is 1.47. The first-order valence-electron chi connectivity index (χ1n) is 9.27. The van der Waals surface area contributed by atoms with Crippen molar-refractivity contribution in [1.82, 2.24) is 9.99 Å². The van der Waals surface area contributed by atoms with Gasteiger partial charge < -0.3 is 4.57 Å². The number of hydrogen-bond donors (Lipinski definition) is 1. The minimum atomic E-state index is -0.495. The topological polar surface area (TPSA) is 89.5 Å². The van der Waals surface area contributed by atoms with Crippen LogP contribution in [0.3, 0.4) is 0 Å². The second-order valence-electron chi connectivity index (χ2n) is 6.95. The van der Waals surface area contributed by atoms with Crippen LogP contribution in [0, 0.1) is 30.9 Å². The molecule has 2 aromatic carbocycles. The van der Waals surface area contributed by atoms with Crippen LogP contribution in [0.4, 0.5) is 5.69 Å². The number of carbonyl (C=O) groups excluding carboxylic acids is 1. The summed E-state index contributed by atoms with van der Waals surface area (Å²) in [4.78, 5) is 22.7. The molecular formula is C22H21BrN4O3. The van der Waals surface area contributed by atoms with Crippen molar-refractivity contribution in [3.8, 4) is 5.69 Å². The van der Waals surface area contributed by atoms with E-state index in [1.54, 1.807) is 24.4 Å². The Morgan fingerprint density at radius 1 is 1.20 bits per heavy atom. The molecule has 0 saturated carbocycles. The van der Waals surface area contributed by atoms with Crippen LogP contribution in [0.25, 0.3) is 5.69 Å². The van der Waals surface area contributed by atoms with Gasteiger partial charge >= 0.3 is 0 Å². The Hall–Kier alpha value is -3.26. The highest BCUT2D eigenvalue weighted by atomic mass is 79.9. The first-order chi connectivity index (χ1) is 14.3. The van der Waals surface area contributed by atoms with E-state index in [0.717, 1.165) is 32.7 Å². The van der Waals surface area contributed by atoms with Gasteiger partial charge in [-0.05, 0) is 50.6 Å². The quantitative estimate of drug-likeness (QED) is 0.321. The van der Waals surface area contributed by atoms with E-state index in [-0.39, 0.29) is 12.1 Å². The number of benzene rings is 2. The molecule has 1 heterocycles. The Bertz CT molecular complexity index is 1150. The summed E-state index contributed by atoms with van der Waals surface area (Å²) in [5, 5.41) is 15.1. The van der Waals surface area contributed by atoms with Gasteiger partial charge in [0.1, 0.15) is 0 Å². The number of halogens is 1. The van der Waals surface area contributed by atoms with Crippen LogP contribution in [0.15, 0.2) is 58.1 Å². The first-order valence-corrected chi connectivity index (χ1v) is 10.1. The molecule has 0 bridgehead atoms. The Morgan fingerprint density at radius 2 is 1.93 bits per heavy atom. The van der Waals surface area contributed by atoms with E-state index in [4.69, 9.17) is 0 Å². The molecule has 1 N–H and O–H groups in total. The molecule has 0 atom stereocenters. The molecule has 0 aliphatic rings. The van der Waals surface area contributed by atoms with E-state index in [2.05, 4.69) is 37.1 Å². The number of hydrazone groups is 1. The molecule has 7 nitrogen and oxygen atoms in total. The number of hydrogen-bond acceptors (Lipinski definition) is 4. The third-order valence-corrected chi connectivity index (χ3v) is 5.69. The summed E-state index contributed by atoms with van der Waals surface area (Å²) < 4.78 is 3.17. The Kier molecular flexibility index (Phi) is 6.47. The number of aromatic nitrogens is 1. The average Bonchev–Trinajstić information content (AvgIpc) is 2.98. The molecule has 8 heteroatoms. The number of nitrogens with zero attached hydrogens (tertiary/aromatic N) is 3. The fraction of sp³-hybridized carbons (Fsp3) is 0.182. The summed E-state index contributed by atoms with van der Waals surface area (Å²) in [6.45, 7) is 6.03. The lowest BCUT2D eigenvalue weighted by Crippen LogP contribution is -2.20. The van der Waals surface area contributed by atoms with E-state index in [1.165, 1.54) is 6.07 Å². The van der Waals surface area contributed by atoms with Gasteiger partial charge in [-0.1, -0.05) is 34.1 Å². The van der Waals surface area contributed by atoms with Crippen molar-refractivity contribution in [1.29, 1.82) is 0 Å². The molecule has 0 aliphatic carbocycles. The number of aryl methyl sites for hydroxylation is 2. The molecule has 30 heavy (non-hydrogen) atoms. The average molecular weight is 469 g/mol. The van der Waals surface area contributed by atoms with Gasteiger partial charge in [-0.2, -0.15) is 5.10 Å². The maximum absolute atomic E-state index is 12.2. The van der Waals surface area contributed by atoms with Gasteiger partial charge in [-0.3, -0.25) is 14.9 Å². The van der Waals surface area contributed by atoms with Crippen molar-refractivity contribution in [2.24, 2.45) is 5.10 Å². The smallest absolute Gasteiger partial charge is 0.273 e. The molecule has 0 fully saturated rings. The normalized spacial score (nSPS) is 11.1. The van der Waals surface area contributed by atoms with Crippen molar-refractivity contribution in [3.05, 3.63) is 91.2 Å². The zero-order valence-electron chi connectivity index (χ0n) is 16.8. The second-order valence-corrected chi connectivity index (χ2v) is 7.81. The summed E-state index contributed by atoms with van der Waals surface area (Å²) in [5.41, 5.74) is 7.81. The maximum Gasteiger partial charge on any atom is 0.273 e. The first kappa shape index (κ1) is 21.4. The van der Waals surface area contributed by atoms with Crippen molar-refractivity contribution in [2.75, 3.05) is 0 Å². The van der Waals surface area contributed by atoms with E-state index >= 15 is 0 Å². The number of rotatable bonds is 6. The van der Waals surface area contributed by atoms with Crippen LogP contribution >= 0.6 is 15.9 Å². The van der Waals surface area contributed by atoms with Crippen LogP contribution in [0.2, 0.25) is 0 Å². The maximum atomic E-state index is 12.2. The highest BCUT2D eigenvalue weighted by molar-refractivity contribution is 9.10. The number of nitro benzene ring substituents is 1. The monoisotopic (exact) mass is 468 g/mol. The summed E-state index contributed by atoms with van der Waals surface area (Å²) in [6, 6.07) is 14.3. The fourth-order valence-corrected chi connectivity index (χ4v) is 3.55. The molecule has 154 valence electrons. The number of nitrogens with one attached hydrogen (secondary N) is 1. The zero-order chi connectivity index (χ0) is 21.8. The Labute approximate surface area is 182 Å². The van der Waals surface area contributed by atoms with Crippen LogP contribution in [0.5, 0.6) is 0 Å². The molecule has 3 aromatic rings. The van der Waals surface area contributed by atoms with Crippen LogP contribution in [0.1, 0.15) is 28.1 Å². The van der Waals surface area contributed by atoms with Crippen molar-refractivity contribution in [3.63, 3.8) is 0 Å². The summed E-state index contributed by atoms with van der Waals surface area (Å²) >= 11 is 3.52. The van der Waals surface area contributed by atoms with E-state index < -0.39 is 10.8 Å².